The molecule has 0 amide bonds. The van der Waals surface area contributed by atoms with E-state index in [1.54, 1.807) is 22.9 Å². The highest BCUT2D eigenvalue weighted by Gasteiger charge is 2.34. The van der Waals surface area contributed by atoms with Crippen molar-refractivity contribution in [2.45, 2.75) is 5.50 Å². The van der Waals surface area contributed by atoms with Crippen molar-refractivity contribution in [2.75, 3.05) is 6.54 Å². The summed E-state index contributed by atoms with van der Waals surface area (Å²) in [6.07, 6.45) is 3.52. The Hall–Kier alpha value is -2.59. The molecule has 1 aromatic heterocycles. The van der Waals surface area contributed by atoms with Crippen LogP contribution in [0.4, 0.5) is 0 Å². The van der Waals surface area contributed by atoms with Gasteiger partial charge in [0.1, 0.15) is 33.8 Å². The van der Waals surface area contributed by atoms with Crippen LogP contribution in [0.2, 0.25) is 5.02 Å². The monoisotopic (exact) mass is 460 g/mol. The first-order valence-electron chi connectivity index (χ1n) is 8.90. The van der Waals surface area contributed by atoms with Crippen LogP contribution in [0.25, 0.3) is 23.0 Å². The number of hydrogen-bond acceptors (Lipinski definition) is 5. The Bertz CT molecular complexity index is 1150. The van der Waals surface area contributed by atoms with E-state index in [0.29, 0.717) is 21.3 Å². The number of carboxylic acid groups (broad SMARTS) is 1. The van der Waals surface area contributed by atoms with E-state index in [-0.39, 0.29) is 0 Å². The number of hydrogen-bond donors (Lipinski definition) is 3. The number of thiol groups is 1. The number of benzene rings is 2. The lowest BCUT2D eigenvalue weighted by atomic mass is 10.1. The Morgan fingerprint density at radius 1 is 1.27 bits per heavy atom. The second-order valence-electron chi connectivity index (χ2n) is 6.47. The number of halogens is 1. The number of para-hydroxylation sites is 1. The Morgan fingerprint density at radius 3 is 2.73 bits per heavy atom. The van der Waals surface area contributed by atoms with Gasteiger partial charge in [-0.1, -0.05) is 41.9 Å². The van der Waals surface area contributed by atoms with Crippen LogP contribution >= 0.6 is 24.2 Å². The molecule has 0 spiro atoms. The van der Waals surface area contributed by atoms with Crippen molar-refractivity contribution in [1.29, 1.82) is 0 Å². The second-order valence-corrected chi connectivity index (χ2v) is 8.80. The molecule has 2 atom stereocenters. The van der Waals surface area contributed by atoms with Crippen molar-refractivity contribution in [3.63, 3.8) is 0 Å². The van der Waals surface area contributed by atoms with E-state index < -0.39 is 29.0 Å². The molecule has 7 nitrogen and oxygen atoms in total. The van der Waals surface area contributed by atoms with Crippen LogP contribution in [0, 0.1) is 0 Å². The summed E-state index contributed by atoms with van der Waals surface area (Å²) < 4.78 is 15.8. The third-order valence-electron chi connectivity index (χ3n) is 4.38. The fourth-order valence-electron chi connectivity index (χ4n) is 3.04. The molecule has 2 N–H and O–H groups in total. The van der Waals surface area contributed by atoms with E-state index in [9.17, 15) is 9.00 Å². The summed E-state index contributed by atoms with van der Waals surface area (Å²) in [7, 11) is -1.69. The molecule has 1 fully saturated rings. The van der Waals surface area contributed by atoms with Gasteiger partial charge in [0.2, 0.25) is 0 Å². The maximum Gasteiger partial charge on any atom is 0.318 e. The molecule has 0 radical (unpaired) electrons. The number of aliphatic carboxylic acids is 1. The van der Waals surface area contributed by atoms with Crippen molar-refractivity contribution in [2.24, 2.45) is 0 Å². The molecule has 2 unspecified atom stereocenters. The first-order chi connectivity index (χ1) is 14.4. The number of aromatic nitrogens is 2. The van der Waals surface area contributed by atoms with E-state index in [0.717, 1.165) is 11.3 Å². The number of carbonyl (C=O) groups is 1. The lowest BCUT2D eigenvalue weighted by Crippen LogP contribution is -2.34. The molecule has 30 heavy (non-hydrogen) atoms. The zero-order valence-electron chi connectivity index (χ0n) is 15.5. The molecule has 0 saturated carbocycles. The molecule has 4 rings (SSSR count). The highest BCUT2D eigenvalue weighted by Crippen LogP contribution is 2.29. The fourth-order valence-corrected chi connectivity index (χ4v) is 4.95. The van der Waals surface area contributed by atoms with Gasteiger partial charge in [-0.2, -0.15) is 9.40 Å². The highest BCUT2D eigenvalue weighted by atomic mass is 35.5. The Balaban J connectivity index is 1.79. The predicted molar refractivity (Wildman–Crippen MR) is 120 cm³/mol. The maximum atomic E-state index is 12.8. The van der Waals surface area contributed by atoms with Gasteiger partial charge in [0.05, 0.1) is 5.69 Å². The lowest BCUT2D eigenvalue weighted by molar-refractivity contribution is -0.137. The molecule has 1 saturated heterocycles. The quantitative estimate of drug-likeness (QED) is 0.508. The number of rotatable bonds is 5. The van der Waals surface area contributed by atoms with Crippen LogP contribution in [-0.4, -0.2) is 41.4 Å². The molecule has 2 heterocycles. The lowest BCUT2D eigenvalue weighted by Gasteiger charge is -2.13. The second kappa shape index (κ2) is 8.65. The molecule has 1 aliphatic rings. The summed E-state index contributed by atoms with van der Waals surface area (Å²) in [5, 5.41) is 17.7. The first kappa shape index (κ1) is 20.7. The van der Waals surface area contributed by atoms with E-state index >= 15 is 0 Å². The first-order valence-corrected chi connectivity index (χ1v) is 10.9. The van der Waals surface area contributed by atoms with E-state index in [4.69, 9.17) is 21.8 Å². The number of carboxylic acids is 1. The minimum Gasteiger partial charge on any atom is -0.480 e. The Kier molecular flexibility index (Phi) is 5.96. The molecule has 1 aliphatic heterocycles. The molecule has 154 valence electrons. The van der Waals surface area contributed by atoms with Gasteiger partial charge >= 0.3 is 5.97 Å². The van der Waals surface area contributed by atoms with Gasteiger partial charge in [-0.15, -0.1) is 12.6 Å². The van der Waals surface area contributed by atoms with Crippen LogP contribution in [0.3, 0.4) is 0 Å². The zero-order chi connectivity index (χ0) is 21.3. The number of nitrogens with one attached hydrogen (secondary N) is 1. The van der Waals surface area contributed by atoms with Crippen LogP contribution in [0.1, 0.15) is 5.56 Å². The normalized spacial score (nSPS) is 20.4. The van der Waals surface area contributed by atoms with Crippen LogP contribution in [0.15, 0.2) is 65.8 Å². The van der Waals surface area contributed by atoms with E-state index in [1.807, 2.05) is 48.7 Å². The minimum absolute atomic E-state index is 0.354. The third kappa shape index (κ3) is 4.29. The minimum atomic E-state index is -1.69. The van der Waals surface area contributed by atoms with Gasteiger partial charge in [0.15, 0.2) is 0 Å². The average molecular weight is 461 g/mol. The summed E-state index contributed by atoms with van der Waals surface area (Å²) in [6, 6.07) is 16.9. The zero-order valence-corrected chi connectivity index (χ0v) is 17.9. The van der Waals surface area contributed by atoms with Crippen molar-refractivity contribution in [3.05, 3.63) is 76.4 Å². The van der Waals surface area contributed by atoms with Crippen molar-refractivity contribution in [3.8, 4) is 16.9 Å². The topological polar surface area (TPSA) is 87.5 Å². The highest BCUT2D eigenvalue weighted by molar-refractivity contribution is 7.89. The smallest absolute Gasteiger partial charge is 0.318 e. The third-order valence-corrected chi connectivity index (χ3v) is 6.56. The van der Waals surface area contributed by atoms with Crippen molar-refractivity contribution < 1.29 is 14.1 Å². The predicted octanol–water partition coefficient (Wildman–Crippen LogP) is 3.36. The average Bonchev–Trinajstić information content (AvgIpc) is 3.25. The maximum absolute atomic E-state index is 12.8. The van der Waals surface area contributed by atoms with Crippen LogP contribution in [0.5, 0.6) is 0 Å². The molecular weight excluding hydrogens is 444 g/mol. The molecule has 3 aromatic rings. The van der Waals surface area contributed by atoms with E-state index in [2.05, 4.69) is 17.9 Å². The van der Waals surface area contributed by atoms with Gasteiger partial charge < -0.3 is 10.4 Å². The summed E-state index contributed by atoms with van der Waals surface area (Å²) in [5.41, 5.74) is 2.35. The van der Waals surface area contributed by atoms with Gasteiger partial charge in [-0.05, 0) is 30.3 Å². The molecule has 2 aromatic carbocycles. The fraction of sp³-hybridized carbons (Fsp3) is 0.100. The Labute approximate surface area is 186 Å². The van der Waals surface area contributed by atoms with Gasteiger partial charge in [-0.3, -0.25) is 4.79 Å². The van der Waals surface area contributed by atoms with E-state index in [1.165, 1.54) is 4.31 Å². The molecule has 10 heteroatoms. The molecular formula is C20H17ClN4O3S2. The largest absolute Gasteiger partial charge is 0.480 e. The van der Waals surface area contributed by atoms with Crippen molar-refractivity contribution >= 4 is 47.3 Å². The molecule has 0 aliphatic carbocycles. The van der Waals surface area contributed by atoms with Gasteiger partial charge in [-0.25, -0.2) is 8.89 Å². The Morgan fingerprint density at radius 2 is 2.03 bits per heavy atom. The summed E-state index contributed by atoms with van der Waals surface area (Å²) in [4.78, 5) is 11.1. The van der Waals surface area contributed by atoms with Gasteiger partial charge in [0.25, 0.3) is 0 Å². The SMILES string of the molecule is O=C(O)CN1C(S)N/C(=C/c2cn(-c3ccccc3)nc2-c2cccc(Cl)c2)S1=O. The van der Waals surface area contributed by atoms with Crippen LogP contribution in [-0.2, 0) is 15.8 Å². The molecule has 0 bridgehead atoms. The van der Waals surface area contributed by atoms with Gasteiger partial charge in [0, 0.05) is 22.3 Å². The standard InChI is InChI=1S/C20H17ClN4O3S2/c21-15-6-4-5-13(9-15)19-14(11-24(23-19)16-7-2-1-3-8-16)10-17-22-20(29)25(30(17)28)12-18(26)27/h1-11,20,22,29H,12H2,(H,26,27)/b17-10-. The summed E-state index contributed by atoms with van der Waals surface area (Å²) in [5.74, 6) is -1.08. The summed E-state index contributed by atoms with van der Waals surface area (Å²) >= 11 is 10.5. The number of nitrogens with zero attached hydrogens (tertiary/aromatic N) is 3. The van der Waals surface area contributed by atoms with Crippen molar-refractivity contribution in [1.82, 2.24) is 19.4 Å². The van der Waals surface area contributed by atoms with Crippen LogP contribution < -0.4 is 5.32 Å². The summed E-state index contributed by atoms with van der Waals surface area (Å²) in [6.45, 7) is -0.393.